The van der Waals surface area contributed by atoms with E-state index in [-0.39, 0.29) is 21.1 Å². The van der Waals surface area contributed by atoms with Crippen LogP contribution in [0.25, 0.3) is 0 Å². The van der Waals surface area contributed by atoms with E-state index in [4.69, 9.17) is 149 Å². The Hall–Kier alpha value is 1.35. The fraction of sp³-hybridized carbons (Fsp3) is 0.933. The molecule has 0 heterocycles. The van der Waals surface area contributed by atoms with Crippen LogP contribution < -0.4 is 0 Å². The maximum Gasteiger partial charge on any atom is 6.00 e. The molecule has 0 aromatic carbocycles. The smallest absolute Gasteiger partial charge is 0.411 e. The second-order valence-electron chi connectivity index (χ2n) is 30.5. The van der Waals surface area contributed by atoms with Gasteiger partial charge in [-0.25, -0.2) is 0 Å². The molecule has 648 valence electrons. The van der Waals surface area contributed by atoms with Gasteiger partial charge in [0, 0.05) is 78.5 Å². The predicted molar refractivity (Wildman–Crippen MR) is 534 cm³/mol. The fourth-order valence-corrected chi connectivity index (χ4v) is 14.8. The quantitative estimate of drug-likeness (QED) is 0.0249. The summed E-state index contributed by atoms with van der Waals surface area (Å²) in [6.07, 6.45) is 78.9. The van der Waals surface area contributed by atoms with Gasteiger partial charge in [-0.2, -0.15) is 0 Å². The van der Waals surface area contributed by atoms with Crippen LogP contribution in [0.2, 0.25) is 0 Å². The average molecular weight is 1830 g/mol. The van der Waals surface area contributed by atoms with E-state index in [0.717, 1.165) is 78.5 Å². The van der Waals surface area contributed by atoms with Crippen LogP contribution in [0.3, 0.4) is 0 Å². The van der Waals surface area contributed by atoms with Gasteiger partial charge in [0.25, 0.3) is 0 Å². The number of hydrogen-bond acceptors (Lipinski definition) is 12. The molecule has 0 bridgehead atoms. The number of hydrogen-bond donors (Lipinski definition) is 0. The molecule has 0 saturated carbocycles. The molecule has 0 unspecified atom stereocenters. The van der Waals surface area contributed by atoms with E-state index in [1.807, 2.05) is 0 Å². The van der Waals surface area contributed by atoms with Gasteiger partial charge >= 0.3 is 21.1 Å². The minimum atomic E-state index is 0. The van der Waals surface area contributed by atoms with Gasteiger partial charge in [0.1, 0.15) is 0 Å². The zero-order valence-electron chi connectivity index (χ0n) is 73.9. The molecule has 0 aliphatic rings. The van der Waals surface area contributed by atoms with E-state index in [1.54, 1.807) is 0 Å². The second-order valence-corrected chi connectivity index (χ2v) is 36.7. The molecule has 0 spiro atoms. The van der Waals surface area contributed by atoms with E-state index in [0.29, 0.717) is 25.9 Å². The van der Waals surface area contributed by atoms with Crippen LogP contribution in [-0.4, -0.2) is 134 Å². The number of nitrogens with zero attached hydrogens (tertiary/aromatic N) is 6. The standard InChI is InChI=1S/6C15H31NS2.Mo/c6*1-3-5-7-9-11-13-16(15(17)18)14-12-10-8-6-4-2;/h6*3-14H2,1-2H3,(H,17,18);/q;;;;;;+6/p-6. The van der Waals surface area contributed by atoms with Crippen LogP contribution in [0.1, 0.15) is 468 Å². The maximum absolute atomic E-state index is 5.16. The molecular formula is C90H180MoN6S12. The van der Waals surface area contributed by atoms with Gasteiger partial charge in [-0.1, -0.05) is 417 Å². The Morgan fingerprint density at radius 1 is 0.138 bits per heavy atom. The average Bonchev–Trinajstić information content (AvgIpc) is 1.10. The summed E-state index contributed by atoms with van der Waals surface area (Å²) in [5.74, 6) is 0. The Morgan fingerprint density at radius 3 is 0.257 bits per heavy atom. The van der Waals surface area contributed by atoms with Crippen molar-refractivity contribution < 1.29 is 21.1 Å². The van der Waals surface area contributed by atoms with Gasteiger partial charge in [-0.3, -0.25) is 0 Å². The van der Waals surface area contributed by atoms with Crippen molar-refractivity contribution >= 4 is 175 Å². The first-order valence-electron chi connectivity index (χ1n) is 46.1. The third kappa shape index (κ3) is 105. The van der Waals surface area contributed by atoms with Crippen molar-refractivity contribution in [3.63, 3.8) is 0 Å². The summed E-state index contributed by atoms with van der Waals surface area (Å²) in [4.78, 5) is 13.3. The van der Waals surface area contributed by atoms with E-state index in [1.165, 1.54) is 385 Å². The first kappa shape index (κ1) is 124. The monoisotopic (exact) mass is 1830 g/mol. The molecule has 0 radical (unpaired) electrons. The van der Waals surface area contributed by atoms with Crippen molar-refractivity contribution in [1.82, 2.24) is 29.4 Å². The van der Waals surface area contributed by atoms with Gasteiger partial charge in [-0.05, 0) is 77.0 Å². The summed E-state index contributed by atoms with van der Waals surface area (Å²) in [7, 11) is 0. The molecule has 0 aromatic heterocycles. The maximum atomic E-state index is 5.16. The summed E-state index contributed by atoms with van der Waals surface area (Å²) < 4.78 is 4.01. The number of unbranched alkanes of at least 4 members (excludes halogenated alkanes) is 48. The molecule has 0 saturated heterocycles. The number of rotatable bonds is 72. The molecule has 6 nitrogen and oxygen atoms in total. The van der Waals surface area contributed by atoms with Gasteiger partial charge in [-0.15, -0.1) is 0 Å². The van der Waals surface area contributed by atoms with Gasteiger partial charge < -0.3 is 178 Å². The van der Waals surface area contributed by atoms with Crippen molar-refractivity contribution in [1.29, 1.82) is 0 Å². The molecule has 19 heteroatoms. The third-order valence-electron chi connectivity index (χ3n) is 19.9. The predicted octanol–water partition coefficient (Wildman–Crippen LogP) is 30.4. The summed E-state index contributed by atoms with van der Waals surface area (Å²) in [6.45, 7) is 39.8. The Bertz CT molecular complexity index is 1420. The molecule has 0 N–H and O–H groups in total. The molecule has 0 aromatic rings. The summed E-state index contributed by atoms with van der Waals surface area (Å²) in [5.41, 5.74) is 0. The Kier molecular flexibility index (Phi) is 122. The third-order valence-corrected chi connectivity index (χ3v) is 23.0. The molecule has 0 atom stereocenters. The van der Waals surface area contributed by atoms with E-state index >= 15 is 0 Å². The minimum absolute atomic E-state index is 0. The topological polar surface area (TPSA) is 19.4 Å². The van der Waals surface area contributed by atoms with Crippen molar-refractivity contribution in [3.05, 3.63) is 0 Å². The van der Waals surface area contributed by atoms with E-state index < -0.39 is 0 Å². The molecule has 0 fully saturated rings. The Balaban J connectivity index is -0.000000229. The van der Waals surface area contributed by atoms with Crippen LogP contribution in [0, 0.1) is 0 Å². The van der Waals surface area contributed by atoms with Crippen LogP contribution >= 0.6 is 73.3 Å². The van der Waals surface area contributed by atoms with Gasteiger partial charge in [0.15, 0.2) is 0 Å². The first-order valence-corrected chi connectivity index (χ1v) is 51.0. The molecule has 0 rings (SSSR count). The zero-order valence-corrected chi connectivity index (χ0v) is 85.7. The van der Waals surface area contributed by atoms with Crippen LogP contribution in [0.5, 0.6) is 0 Å². The SMILES string of the molecule is CCCCCCCN(CCCCCCC)C(=S)[S-].CCCCCCCN(CCCCCCC)C(=S)[S-].CCCCCCCN(CCCCCCC)C(=S)[S-].CCCCCCCN(CCCCCCC)C(=S)[S-].CCCCCCCN(CCCCCCC)C(=S)[S-].CCCCCCCN(CCCCCCC)C(=S)[S-].[Mo+6]. The van der Waals surface area contributed by atoms with Crippen LogP contribution in [0.4, 0.5) is 0 Å². The van der Waals surface area contributed by atoms with Crippen molar-refractivity contribution in [2.24, 2.45) is 0 Å². The van der Waals surface area contributed by atoms with E-state index in [2.05, 4.69) is 112 Å². The Morgan fingerprint density at radius 2 is 0.202 bits per heavy atom. The molecule has 109 heavy (non-hydrogen) atoms. The molecule has 0 amide bonds. The van der Waals surface area contributed by atoms with Crippen molar-refractivity contribution in [2.75, 3.05) is 78.5 Å². The van der Waals surface area contributed by atoms with Crippen molar-refractivity contribution in [3.8, 4) is 0 Å². The summed E-state index contributed by atoms with van der Waals surface area (Å²) >= 11 is 61.9. The van der Waals surface area contributed by atoms with Crippen LogP contribution in [0.15, 0.2) is 0 Å². The van der Waals surface area contributed by atoms with Gasteiger partial charge in [0.05, 0.1) is 0 Å². The van der Waals surface area contributed by atoms with Gasteiger partial charge in [0.2, 0.25) is 0 Å². The van der Waals surface area contributed by atoms with Crippen molar-refractivity contribution in [2.45, 2.75) is 468 Å². The van der Waals surface area contributed by atoms with Crippen LogP contribution in [-0.2, 0) is 96.8 Å². The molecule has 0 aliphatic carbocycles. The summed E-state index contributed by atoms with van der Waals surface area (Å²) in [6, 6.07) is 0. The minimum Gasteiger partial charge on any atom is -0.411 e. The summed E-state index contributed by atoms with van der Waals surface area (Å²) in [5, 5.41) is 0. The number of thiocarbonyl (C=S) groups is 6. The second kappa shape index (κ2) is 107. The molecule has 0 aliphatic heterocycles. The largest absolute Gasteiger partial charge is 6.00 e. The zero-order chi connectivity index (χ0) is 81.8. The molecular weight excluding hydrogens is 1650 g/mol. The Labute approximate surface area is 764 Å². The van der Waals surface area contributed by atoms with E-state index in [9.17, 15) is 0 Å². The first-order chi connectivity index (χ1) is 52.3. The normalized spacial score (nSPS) is 10.5. The fourth-order valence-electron chi connectivity index (χ4n) is 12.6.